The Hall–Kier alpha value is -1.75. The standard InChI is InChI=1S/C17H26N2O3/c1-4-21-17(20)19-11-9-18(10-12-19)13-15-7-5-6-8-16(15)22-14(2)3/h5-8,14H,4,9-13H2,1-3H3. The van der Waals surface area contributed by atoms with E-state index < -0.39 is 0 Å². The quantitative estimate of drug-likeness (QED) is 0.839. The number of nitrogens with zero attached hydrogens (tertiary/aromatic N) is 2. The fourth-order valence-corrected chi connectivity index (χ4v) is 2.55. The summed E-state index contributed by atoms with van der Waals surface area (Å²) in [6.07, 6.45) is -0.0347. The summed E-state index contributed by atoms with van der Waals surface area (Å²) in [6.45, 7) is 10.3. The second-order valence-electron chi connectivity index (χ2n) is 5.74. The summed E-state index contributed by atoms with van der Waals surface area (Å²) in [5.41, 5.74) is 1.20. The van der Waals surface area contributed by atoms with Gasteiger partial charge in [-0.05, 0) is 26.8 Å². The van der Waals surface area contributed by atoms with E-state index in [9.17, 15) is 4.79 Å². The van der Waals surface area contributed by atoms with Crippen LogP contribution in [0.5, 0.6) is 5.75 Å². The maximum Gasteiger partial charge on any atom is 0.409 e. The molecule has 5 heteroatoms. The Morgan fingerprint density at radius 1 is 1.18 bits per heavy atom. The van der Waals surface area contributed by atoms with Crippen molar-refractivity contribution in [1.29, 1.82) is 0 Å². The minimum absolute atomic E-state index is 0.168. The lowest BCUT2D eigenvalue weighted by Gasteiger charge is -2.34. The summed E-state index contributed by atoms with van der Waals surface area (Å²) in [7, 11) is 0. The van der Waals surface area contributed by atoms with Crippen molar-refractivity contribution in [2.75, 3.05) is 32.8 Å². The Morgan fingerprint density at radius 3 is 2.50 bits per heavy atom. The zero-order valence-electron chi connectivity index (χ0n) is 13.7. The molecule has 0 aliphatic carbocycles. The summed E-state index contributed by atoms with van der Waals surface area (Å²) in [4.78, 5) is 15.8. The minimum Gasteiger partial charge on any atom is -0.491 e. The number of hydrogen-bond donors (Lipinski definition) is 0. The van der Waals surface area contributed by atoms with Gasteiger partial charge in [-0.1, -0.05) is 18.2 Å². The Morgan fingerprint density at radius 2 is 1.86 bits per heavy atom. The molecule has 0 bridgehead atoms. The second-order valence-corrected chi connectivity index (χ2v) is 5.74. The van der Waals surface area contributed by atoms with E-state index in [1.807, 2.05) is 39.0 Å². The molecule has 2 rings (SSSR count). The first kappa shape index (κ1) is 16.6. The van der Waals surface area contributed by atoms with Crippen molar-refractivity contribution >= 4 is 6.09 Å². The first-order valence-corrected chi connectivity index (χ1v) is 7.98. The predicted molar refractivity (Wildman–Crippen MR) is 86.1 cm³/mol. The molecule has 0 saturated carbocycles. The van der Waals surface area contributed by atoms with E-state index in [2.05, 4.69) is 11.0 Å². The number of ether oxygens (including phenoxy) is 2. The Labute approximate surface area is 132 Å². The molecule has 1 aliphatic heterocycles. The SMILES string of the molecule is CCOC(=O)N1CCN(Cc2ccccc2OC(C)C)CC1. The molecule has 1 aromatic rings. The molecule has 0 aromatic heterocycles. The molecule has 0 atom stereocenters. The summed E-state index contributed by atoms with van der Waals surface area (Å²) < 4.78 is 10.9. The van der Waals surface area contributed by atoms with Crippen LogP contribution in [0, 0.1) is 0 Å². The molecule has 1 heterocycles. The first-order valence-electron chi connectivity index (χ1n) is 7.98. The van der Waals surface area contributed by atoms with Crippen molar-refractivity contribution in [3.05, 3.63) is 29.8 Å². The van der Waals surface area contributed by atoms with Crippen LogP contribution in [0.15, 0.2) is 24.3 Å². The fraction of sp³-hybridized carbons (Fsp3) is 0.588. The second kappa shape index (κ2) is 8.03. The van der Waals surface area contributed by atoms with Gasteiger partial charge in [0.05, 0.1) is 12.7 Å². The molecular formula is C17H26N2O3. The number of rotatable bonds is 5. The van der Waals surface area contributed by atoms with Crippen molar-refractivity contribution in [2.45, 2.75) is 33.4 Å². The highest BCUT2D eigenvalue weighted by Crippen LogP contribution is 2.21. The summed E-state index contributed by atoms with van der Waals surface area (Å²) >= 11 is 0. The predicted octanol–water partition coefficient (Wildman–Crippen LogP) is 2.75. The van der Waals surface area contributed by atoms with Gasteiger partial charge in [0.15, 0.2) is 0 Å². The van der Waals surface area contributed by atoms with Gasteiger partial charge in [-0.3, -0.25) is 4.90 Å². The van der Waals surface area contributed by atoms with Crippen LogP contribution < -0.4 is 4.74 Å². The number of amides is 1. The average molecular weight is 306 g/mol. The minimum atomic E-state index is -0.203. The van der Waals surface area contributed by atoms with Gasteiger partial charge in [-0.15, -0.1) is 0 Å². The van der Waals surface area contributed by atoms with E-state index in [0.717, 1.165) is 25.4 Å². The van der Waals surface area contributed by atoms with Gasteiger partial charge in [0.2, 0.25) is 0 Å². The van der Waals surface area contributed by atoms with Crippen molar-refractivity contribution in [2.24, 2.45) is 0 Å². The third-order valence-electron chi connectivity index (χ3n) is 3.63. The highest BCUT2D eigenvalue weighted by atomic mass is 16.6. The largest absolute Gasteiger partial charge is 0.491 e. The lowest BCUT2D eigenvalue weighted by atomic mass is 10.1. The van der Waals surface area contributed by atoms with Gasteiger partial charge >= 0.3 is 6.09 Å². The summed E-state index contributed by atoms with van der Waals surface area (Å²) in [5.74, 6) is 0.949. The van der Waals surface area contributed by atoms with Gasteiger partial charge in [0.25, 0.3) is 0 Å². The average Bonchev–Trinajstić information content (AvgIpc) is 2.50. The molecule has 0 spiro atoms. The Balaban J connectivity index is 1.90. The molecule has 1 aromatic carbocycles. The van der Waals surface area contributed by atoms with Crippen LogP contribution in [0.3, 0.4) is 0 Å². The fourth-order valence-electron chi connectivity index (χ4n) is 2.55. The molecule has 1 aliphatic rings. The molecule has 5 nitrogen and oxygen atoms in total. The number of carbonyl (C=O) groups is 1. The lowest BCUT2D eigenvalue weighted by molar-refractivity contribution is 0.0774. The molecule has 1 amide bonds. The molecule has 22 heavy (non-hydrogen) atoms. The van der Waals surface area contributed by atoms with Crippen LogP contribution in [0.1, 0.15) is 26.3 Å². The molecule has 122 valence electrons. The normalized spacial score (nSPS) is 15.9. The highest BCUT2D eigenvalue weighted by molar-refractivity contribution is 5.67. The first-order chi connectivity index (χ1) is 10.6. The number of hydrogen-bond acceptors (Lipinski definition) is 4. The molecular weight excluding hydrogens is 280 g/mol. The van der Waals surface area contributed by atoms with E-state index >= 15 is 0 Å². The van der Waals surface area contributed by atoms with Crippen molar-refractivity contribution in [3.63, 3.8) is 0 Å². The number of benzene rings is 1. The van der Waals surface area contributed by atoms with Gasteiger partial charge in [0, 0.05) is 38.3 Å². The van der Waals surface area contributed by atoms with E-state index in [1.165, 1.54) is 5.56 Å². The Kier molecular flexibility index (Phi) is 6.07. The molecule has 1 fully saturated rings. The molecule has 1 saturated heterocycles. The smallest absolute Gasteiger partial charge is 0.409 e. The van der Waals surface area contributed by atoms with Crippen LogP contribution in [0.25, 0.3) is 0 Å². The van der Waals surface area contributed by atoms with Crippen LogP contribution in [0.2, 0.25) is 0 Å². The molecule has 0 N–H and O–H groups in total. The van der Waals surface area contributed by atoms with Crippen molar-refractivity contribution < 1.29 is 14.3 Å². The van der Waals surface area contributed by atoms with Crippen LogP contribution >= 0.6 is 0 Å². The van der Waals surface area contributed by atoms with Gasteiger partial charge in [-0.2, -0.15) is 0 Å². The van der Waals surface area contributed by atoms with Crippen molar-refractivity contribution in [1.82, 2.24) is 9.80 Å². The Bertz CT molecular complexity index is 483. The van der Waals surface area contributed by atoms with E-state index in [4.69, 9.17) is 9.47 Å². The van der Waals surface area contributed by atoms with Gasteiger partial charge in [-0.25, -0.2) is 4.79 Å². The van der Waals surface area contributed by atoms with Gasteiger partial charge in [0.1, 0.15) is 5.75 Å². The van der Waals surface area contributed by atoms with E-state index in [0.29, 0.717) is 19.7 Å². The van der Waals surface area contributed by atoms with E-state index in [1.54, 1.807) is 4.90 Å². The maximum atomic E-state index is 11.7. The van der Waals surface area contributed by atoms with Crippen LogP contribution in [-0.2, 0) is 11.3 Å². The van der Waals surface area contributed by atoms with Crippen LogP contribution in [-0.4, -0.2) is 54.8 Å². The van der Waals surface area contributed by atoms with Crippen molar-refractivity contribution in [3.8, 4) is 5.75 Å². The maximum absolute atomic E-state index is 11.7. The lowest BCUT2D eigenvalue weighted by Crippen LogP contribution is -2.48. The zero-order chi connectivity index (χ0) is 15.9. The summed E-state index contributed by atoms with van der Waals surface area (Å²) in [5, 5.41) is 0. The molecule has 0 unspecified atom stereocenters. The third kappa shape index (κ3) is 4.63. The third-order valence-corrected chi connectivity index (χ3v) is 3.63. The number of carbonyl (C=O) groups excluding carboxylic acids is 1. The monoisotopic (exact) mass is 306 g/mol. The number of para-hydroxylation sites is 1. The molecule has 0 radical (unpaired) electrons. The zero-order valence-corrected chi connectivity index (χ0v) is 13.7. The highest BCUT2D eigenvalue weighted by Gasteiger charge is 2.22. The topological polar surface area (TPSA) is 42.0 Å². The number of piperazine rings is 1. The van der Waals surface area contributed by atoms with Crippen LogP contribution in [0.4, 0.5) is 4.79 Å². The summed E-state index contributed by atoms with van der Waals surface area (Å²) in [6, 6.07) is 8.16. The van der Waals surface area contributed by atoms with Gasteiger partial charge < -0.3 is 14.4 Å². The van der Waals surface area contributed by atoms with E-state index in [-0.39, 0.29) is 12.2 Å².